The standard InChI is InChI=1S/C68H30N12/c1-74-54-21-40(35-69)17-49(25-54)45-5-9-58-59-10-6-46(50-18-41(36-70)22-55(26-50)75-2)30-64(59)79(63(58)29-45)67-33-53(44-13-15-78-16-14-44)34-68(62(67)39-73)80-65-31-47(51-19-42(37-71)23-56(27-51)76-3)7-11-60(65)61-12-8-48(32-66(61)80)52-20-43(38-72)24-57(28-52)77-4/h5-34H. The minimum Gasteiger partial charge on any atom is -0.308 e. The van der Waals surface area contributed by atoms with E-state index in [1.165, 1.54) is 0 Å². The molecule has 0 saturated carbocycles. The maximum absolute atomic E-state index is 12.0. The first kappa shape index (κ1) is 48.1. The number of nitrogens with zero attached hydrogens (tertiary/aromatic N) is 12. The van der Waals surface area contributed by atoms with Crippen molar-refractivity contribution in [3.8, 4) is 97.4 Å². The smallest absolute Gasteiger partial charge is 0.189 e. The summed E-state index contributed by atoms with van der Waals surface area (Å²) < 4.78 is 4.09. The summed E-state index contributed by atoms with van der Waals surface area (Å²) in [6.45, 7) is 31.4. The highest BCUT2D eigenvalue weighted by atomic mass is 15.0. The number of aromatic nitrogens is 3. The van der Waals surface area contributed by atoms with E-state index < -0.39 is 0 Å². The third kappa shape index (κ3) is 8.17. The van der Waals surface area contributed by atoms with Gasteiger partial charge in [0.15, 0.2) is 22.7 Å². The minimum atomic E-state index is 0.263. The Kier molecular flexibility index (Phi) is 11.7. The van der Waals surface area contributed by atoms with E-state index in [-0.39, 0.29) is 5.56 Å². The van der Waals surface area contributed by atoms with Crippen molar-refractivity contribution >= 4 is 66.4 Å². The fourth-order valence-corrected chi connectivity index (χ4v) is 10.7. The van der Waals surface area contributed by atoms with Crippen LogP contribution in [0.2, 0.25) is 0 Å². The topological polar surface area (TPSA) is 159 Å². The van der Waals surface area contributed by atoms with E-state index in [4.69, 9.17) is 26.3 Å². The van der Waals surface area contributed by atoms with Gasteiger partial charge in [-0.25, -0.2) is 19.4 Å². The van der Waals surface area contributed by atoms with Crippen LogP contribution in [0.3, 0.4) is 0 Å². The molecule has 12 nitrogen and oxygen atoms in total. The van der Waals surface area contributed by atoms with E-state index in [0.717, 1.165) is 32.7 Å². The number of fused-ring (bicyclic) bond motifs is 6. The normalized spacial score (nSPS) is 10.6. The van der Waals surface area contributed by atoms with Gasteiger partial charge >= 0.3 is 0 Å². The molecule has 0 spiro atoms. The Morgan fingerprint density at radius 2 is 0.588 bits per heavy atom. The molecule has 0 fully saturated rings. The molecule has 0 aliphatic carbocycles. The highest BCUT2D eigenvalue weighted by molar-refractivity contribution is 6.13. The van der Waals surface area contributed by atoms with E-state index in [0.29, 0.717) is 123 Å². The first-order chi connectivity index (χ1) is 39.2. The van der Waals surface area contributed by atoms with Crippen molar-refractivity contribution in [1.29, 1.82) is 26.3 Å². The van der Waals surface area contributed by atoms with Crippen LogP contribution < -0.4 is 0 Å². The molecule has 362 valence electrons. The van der Waals surface area contributed by atoms with Crippen LogP contribution in [0.1, 0.15) is 27.8 Å². The van der Waals surface area contributed by atoms with Crippen molar-refractivity contribution < 1.29 is 0 Å². The van der Waals surface area contributed by atoms with Crippen LogP contribution in [0.25, 0.3) is 130 Å². The summed E-state index contributed by atoms with van der Waals surface area (Å²) in [5, 5.41) is 55.5. The van der Waals surface area contributed by atoms with Crippen LogP contribution in [0.5, 0.6) is 0 Å². The molecule has 0 N–H and O–H groups in total. The van der Waals surface area contributed by atoms with Crippen molar-refractivity contribution in [3.63, 3.8) is 0 Å². The summed E-state index contributed by atoms with van der Waals surface area (Å²) in [4.78, 5) is 19.0. The maximum atomic E-state index is 12.0. The molecule has 0 amide bonds. The number of pyridine rings is 1. The molecular formula is C68H30N12. The van der Waals surface area contributed by atoms with Gasteiger partial charge in [0.1, 0.15) is 11.6 Å². The molecule has 9 aromatic carbocycles. The molecule has 80 heavy (non-hydrogen) atoms. The van der Waals surface area contributed by atoms with Gasteiger partial charge in [-0.3, -0.25) is 4.98 Å². The summed E-state index contributed by atoms with van der Waals surface area (Å²) in [7, 11) is 0. The lowest BCUT2D eigenvalue weighted by molar-refractivity contribution is 1.12. The molecule has 0 bridgehead atoms. The van der Waals surface area contributed by atoms with E-state index >= 15 is 0 Å². The summed E-state index contributed by atoms with van der Waals surface area (Å²) in [6, 6.07) is 63.0. The van der Waals surface area contributed by atoms with Crippen LogP contribution in [-0.2, 0) is 0 Å². The third-order valence-electron chi connectivity index (χ3n) is 14.3. The SMILES string of the molecule is [C-]#[N+]c1cc(C#N)cc(-c2ccc3c4ccc(-c5cc(C#N)cc([N+]#[C-])c5)cc4n(-c4cc(-c5ccncc5)cc(-n5c6cc(-c7cc(C#N)cc([N+]#[C-])c7)ccc6c6ccc(-c7cc(C#N)cc([N+]#[C-])c7)cc65)c4C#N)c3c2)c1. The zero-order chi connectivity index (χ0) is 55.2. The Morgan fingerprint density at radius 1 is 0.300 bits per heavy atom. The van der Waals surface area contributed by atoms with Gasteiger partial charge in [-0.15, -0.1) is 0 Å². The van der Waals surface area contributed by atoms with E-state index in [2.05, 4.69) is 54.7 Å². The predicted octanol–water partition coefficient (Wildman–Crippen LogP) is 17.2. The quantitative estimate of drug-likeness (QED) is 0.145. The second-order valence-electron chi connectivity index (χ2n) is 18.8. The first-order valence-electron chi connectivity index (χ1n) is 24.5. The highest BCUT2D eigenvalue weighted by Crippen LogP contribution is 2.44. The third-order valence-corrected chi connectivity index (χ3v) is 14.3. The minimum absolute atomic E-state index is 0.263. The molecule has 0 radical (unpaired) electrons. The number of hydrogen-bond acceptors (Lipinski definition) is 6. The van der Waals surface area contributed by atoms with E-state index in [1.807, 2.05) is 106 Å². The molecule has 0 aliphatic heterocycles. The van der Waals surface area contributed by atoms with Crippen LogP contribution >= 0.6 is 0 Å². The fourth-order valence-electron chi connectivity index (χ4n) is 10.7. The molecule has 12 heteroatoms. The second-order valence-corrected chi connectivity index (χ2v) is 18.8. The molecule has 0 unspecified atom stereocenters. The molecule has 3 aromatic heterocycles. The number of rotatable bonds is 7. The maximum Gasteiger partial charge on any atom is 0.189 e. The van der Waals surface area contributed by atoms with Crippen molar-refractivity contribution in [1.82, 2.24) is 14.1 Å². The van der Waals surface area contributed by atoms with Gasteiger partial charge in [-0.1, -0.05) is 48.5 Å². The Bertz CT molecular complexity index is 4440. The average molecular weight is 1020 g/mol. The van der Waals surface area contributed by atoms with Crippen molar-refractivity contribution in [2.24, 2.45) is 0 Å². The molecule has 3 heterocycles. The molecular weight excluding hydrogens is 985 g/mol. The summed E-state index contributed by atoms with van der Waals surface area (Å²) >= 11 is 0. The van der Waals surface area contributed by atoms with Gasteiger partial charge in [0, 0.05) is 56.2 Å². The van der Waals surface area contributed by atoms with E-state index in [1.54, 1.807) is 85.2 Å². The Balaban J connectivity index is 1.24. The summed E-state index contributed by atoms with van der Waals surface area (Å²) in [5.41, 5.74) is 13.4. The molecule has 0 saturated heterocycles. The van der Waals surface area contributed by atoms with Gasteiger partial charge < -0.3 is 9.13 Å². The van der Waals surface area contributed by atoms with Gasteiger partial charge in [0.05, 0.1) is 84.0 Å². The number of benzene rings is 9. The van der Waals surface area contributed by atoms with Gasteiger partial charge in [-0.05, 0) is 177 Å². The van der Waals surface area contributed by atoms with Gasteiger partial charge in [0.25, 0.3) is 0 Å². The average Bonchev–Trinajstić information content (AvgIpc) is 4.16. The van der Waals surface area contributed by atoms with Gasteiger partial charge in [-0.2, -0.15) is 26.3 Å². The Labute approximate surface area is 457 Å². The highest BCUT2D eigenvalue weighted by Gasteiger charge is 2.25. The van der Waals surface area contributed by atoms with Crippen LogP contribution in [0, 0.1) is 82.9 Å². The second kappa shape index (κ2) is 19.4. The van der Waals surface area contributed by atoms with Crippen LogP contribution in [0.4, 0.5) is 22.7 Å². The fraction of sp³-hybridized carbons (Fsp3) is 0. The molecule has 12 rings (SSSR count). The lowest BCUT2D eigenvalue weighted by atomic mass is 9.99. The summed E-state index contributed by atoms with van der Waals surface area (Å²) in [5.74, 6) is 0. The molecule has 12 aromatic rings. The first-order valence-corrected chi connectivity index (χ1v) is 24.5. The zero-order valence-corrected chi connectivity index (χ0v) is 41.7. The molecule has 0 aliphatic rings. The Morgan fingerprint density at radius 3 is 0.850 bits per heavy atom. The predicted molar refractivity (Wildman–Crippen MR) is 309 cm³/mol. The van der Waals surface area contributed by atoms with Crippen molar-refractivity contribution in [3.05, 3.63) is 256 Å². The summed E-state index contributed by atoms with van der Waals surface area (Å²) in [6.07, 6.45) is 3.40. The van der Waals surface area contributed by atoms with Gasteiger partial charge in [0.2, 0.25) is 0 Å². The largest absolute Gasteiger partial charge is 0.308 e. The van der Waals surface area contributed by atoms with E-state index in [9.17, 15) is 26.3 Å². The van der Waals surface area contributed by atoms with Crippen LogP contribution in [-0.4, -0.2) is 14.1 Å². The molecule has 0 atom stereocenters. The number of hydrogen-bond donors (Lipinski definition) is 0. The van der Waals surface area contributed by atoms with Crippen molar-refractivity contribution in [2.75, 3.05) is 0 Å². The zero-order valence-electron chi connectivity index (χ0n) is 41.7. The van der Waals surface area contributed by atoms with Crippen LogP contribution in [0.15, 0.2) is 182 Å². The lowest BCUT2D eigenvalue weighted by Crippen LogP contribution is -2.05. The van der Waals surface area contributed by atoms with Crippen molar-refractivity contribution in [2.45, 2.75) is 0 Å². The Hall–Kier alpha value is -12.9. The number of nitriles is 5. The monoisotopic (exact) mass is 1010 g/mol. The lowest BCUT2D eigenvalue weighted by Gasteiger charge is -2.19.